The Hall–Kier alpha value is -1.59. The minimum absolute atomic E-state index is 0.209. The van der Waals surface area contributed by atoms with E-state index in [1.54, 1.807) is 4.90 Å². The van der Waals surface area contributed by atoms with Crippen LogP contribution in [0.2, 0.25) is 0 Å². The Balaban J connectivity index is 1.93. The van der Waals surface area contributed by atoms with E-state index in [-0.39, 0.29) is 30.0 Å². The molecule has 3 unspecified atom stereocenters. The number of nitrogens with zero attached hydrogens (tertiary/aromatic N) is 1. The number of primary amides is 1. The number of rotatable bonds is 6. The highest BCUT2D eigenvalue weighted by Gasteiger charge is 2.30. The number of amides is 2. The zero-order valence-electron chi connectivity index (χ0n) is 14.1. The number of aliphatic hydroxyl groups is 1. The molecule has 4 N–H and O–H groups in total. The summed E-state index contributed by atoms with van der Waals surface area (Å²) in [5.41, 5.74) is 6.71. The molecule has 0 spiro atoms. The van der Waals surface area contributed by atoms with Crippen LogP contribution in [0.3, 0.4) is 0 Å². The molecule has 1 aliphatic rings. The first-order valence-electron chi connectivity index (χ1n) is 8.45. The summed E-state index contributed by atoms with van der Waals surface area (Å²) >= 11 is 0. The van der Waals surface area contributed by atoms with Crippen molar-refractivity contribution in [2.24, 2.45) is 17.6 Å². The van der Waals surface area contributed by atoms with E-state index in [2.05, 4.69) is 17.4 Å². The molecule has 2 amide bonds. The Labute approximate surface area is 138 Å². The van der Waals surface area contributed by atoms with Crippen LogP contribution in [0, 0.1) is 11.8 Å². The Morgan fingerprint density at radius 3 is 2.65 bits per heavy atom. The van der Waals surface area contributed by atoms with Crippen LogP contribution < -0.4 is 11.1 Å². The molecule has 1 aromatic carbocycles. The Bertz CT molecular complexity index is 492. The second-order valence-corrected chi connectivity index (χ2v) is 6.96. The maximum absolute atomic E-state index is 11.6. The van der Waals surface area contributed by atoms with E-state index in [1.807, 2.05) is 32.0 Å². The predicted octanol–water partition coefficient (Wildman–Crippen LogP) is 1.95. The van der Waals surface area contributed by atoms with Crippen molar-refractivity contribution in [3.63, 3.8) is 0 Å². The lowest BCUT2D eigenvalue weighted by atomic mass is 9.87. The molecule has 1 saturated heterocycles. The maximum atomic E-state index is 11.6. The molecule has 0 aromatic heterocycles. The average molecular weight is 319 g/mol. The van der Waals surface area contributed by atoms with Gasteiger partial charge in [-0.2, -0.15) is 0 Å². The molecule has 3 atom stereocenters. The summed E-state index contributed by atoms with van der Waals surface area (Å²) in [5, 5.41) is 13.7. The van der Waals surface area contributed by atoms with Crippen molar-refractivity contribution in [2.75, 3.05) is 13.1 Å². The van der Waals surface area contributed by atoms with Gasteiger partial charge in [0.15, 0.2) is 0 Å². The molecule has 2 rings (SSSR count). The van der Waals surface area contributed by atoms with Gasteiger partial charge in [-0.05, 0) is 30.2 Å². The summed E-state index contributed by atoms with van der Waals surface area (Å²) in [5.74, 6) is 0.511. The van der Waals surface area contributed by atoms with E-state index in [9.17, 15) is 9.90 Å². The molecule has 128 valence electrons. The van der Waals surface area contributed by atoms with Crippen LogP contribution in [-0.2, 0) is 6.54 Å². The van der Waals surface area contributed by atoms with Crippen molar-refractivity contribution in [3.05, 3.63) is 35.9 Å². The number of carbonyl (C=O) groups excluding carboxylic acids is 1. The molecule has 1 aromatic rings. The second-order valence-electron chi connectivity index (χ2n) is 6.96. The van der Waals surface area contributed by atoms with E-state index in [0.29, 0.717) is 19.5 Å². The fourth-order valence-corrected chi connectivity index (χ4v) is 3.17. The van der Waals surface area contributed by atoms with E-state index >= 15 is 0 Å². The van der Waals surface area contributed by atoms with E-state index in [4.69, 9.17) is 5.73 Å². The van der Waals surface area contributed by atoms with Crippen LogP contribution in [0.15, 0.2) is 30.3 Å². The number of hydrogen-bond acceptors (Lipinski definition) is 3. The predicted molar refractivity (Wildman–Crippen MR) is 91.8 cm³/mol. The van der Waals surface area contributed by atoms with Crippen LogP contribution in [0.1, 0.15) is 32.3 Å². The van der Waals surface area contributed by atoms with Crippen molar-refractivity contribution >= 4 is 6.03 Å². The lowest BCUT2D eigenvalue weighted by Gasteiger charge is -2.38. The molecule has 5 nitrogen and oxygen atoms in total. The monoisotopic (exact) mass is 319 g/mol. The zero-order valence-corrected chi connectivity index (χ0v) is 14.1. The minimum Gasteiger partial charge on any atom is -0.393 e. The number of carbonyl (C=O) groups is 1. The van der Waals surface area contributed by atoms with Crippen LogP contribution in [0.4, 0.5) is 4.79 Å². The third kappa shape index (κ3) is 5.52. The van der Waals surface area contributed by atoms with E-state index in [0.717, 1.165) is 13.0 Å². The molecule has 0 saturated carbocycles. The van der Waals surface area contributed by atoms with Gasteiger partial charge in [0.1, 0.15) is 0 Å². The summed E-state index contributed by atoms with van der Waals surface area (Å²) < 4.78 is 0. The van der Waals surface area contributed by atoms with Crippen LogP contribution in [0.5, 0.6) is 0 Å². The van der Waals surface area contributed by atoms with Gasteiger partial charge in [-0.3, -0.25) is 0 Å². The quantitative estimate of drug-likeness (QED) is 0.750. The largest absolute Gasteiger partial charge is 0.393 e. The van der Waals surface area contributed by atoms with Crippen molar-refractivity contribution < 1.29 is 9.90 Å². The third-order valence-electron chi connectivity index (χ3n) is 4.63. The van der Waals surface area contributed by atoms with Gasteiger partial charge in [0.25, 0.3) is 0 Å². The summed E-state index contributed by atoms with van der Waals surface area (Å²) in [6.45, 7) is 6.09. The number of nitrogens with two attached hydrogens (primary N) is 1. The highest BCUT2D eigenvalue weighted by atomic mass is 16.3. The van der Waals surface area contributed by atoms with Gasteiger partial charge in [-0.15, -0.1) is 0 Å². The van der Waals surface area contributed by atoms with Gasteiger partial charge in [0, 0.05) is 25.7 Å². The molecule has 1 heterocycles. The SMILES string of the molecule is CC(C)C(O)CC1CC(NCc2ccccc2)CN(C(N)=O)C1. The van der Waals surface area contributed by atoms with Crippen LogP contribution in [0.25, 0.3) is 0 Å². The van der Waals surface area contributed by atoms with E-state index < -0.39 is 0 Å². The van der Waals surface area contributed by atoms with Crippen molar-refractivity contribution in [3.8, 4) is 0 Å². The van der Waals surface area contributed by atoms with Gasteiger partial charge in [-0.1, -0.05) is 44.2 Å². The van der Waals surface area contributed by atoms with Gasteiger partial charge in [0.2, 0.25) is 0 Å². The molecule has 23 heavy (non-hydrogen) atoms. The molecule has 0 bridgehead atoms. The zero-order chi connectivity index (χ0) is 16.8. The summed E-state index contributed by atoms with van der Waals surface area (Å²) in [4.78, 5) is 13.3. The first kappa shape index (κ1) is 17.8. The normalized spacial score (nSPS) is 23.0. The molecule has 5 heteroatoms. The number of urea groups is 1. The molecular formula is C18H29N3O2. The van der Waals surface area contributed by atoms with Crippen molar-refractivity contribution in [1.82, 2.24) is 10.2 Å². The lowest BCUT2D eigenvalue weighted by Crippen LogP contribution is -2.53. The fraction of sp³-hybridized carbons (Fsp3) is 0.611. The molecule has 0 radical (unpaired) electrons. The number of hydrogen-bond donors (Lipinski definition) is 3. The van der Waals surface area contributed by atoms with Crippen LogP contribution in [-0.4, -0.2) is 41.3 Å². The number of piperidine rings is 1. The van der Waals surface area contributed by atoms with Crippen molar-refractivity contribution in [1.29, 1.82) is 0 Å². The van der Waals surface area contributed by atoms with Gasteiger partial charge < -0.3 is 21.1 Å². The molecule has 0 aliphatic carbocycles. The molecular weight excluding hydrogens is 290 g/mol. The van der Waals surface area contributed by atoms with Gasteiger partial charge in [0.05, 0.1) is 6.10 Å². The minimum atomic E-state index is -0.375. The van der Waals surface area contributed by atoms with Gasteiger partial charge in [-0.25, -0.2) is 4.79 Å². The molecule has 1 aliphatic heterocycles. The van der Waals surface area contributed by atoms with Crippen LogP contribution >= 0.6 is 0 Å². The maximum Gasteiger partial charge on any atom is 0.314 e. The topological polar surface area (TPSA) is 78.6 Å². The number of benzene rings is 1. The fourth-order valence-electron chi connectivity index (χ4n) is 3.17. The van der Waals surface area contributed by atoms with Gasteiger partial charge >= 0.3 is 6.03 Å². The first-order valence-corrected chi connectivity index (χ1v) is 8.45. The Morgan fingerprint density at radius 2 is 2.04 bits per heavy atom. The molecule has 1 fully saturated rings. The average Bonchev–Trinajstić information content (AvgIpc) is 2.53. The number of aliphatic hydroxyl groups excluding tert-OH is 1. The summed E-state index contributed by atoms with van der Waals surface area (Å²) in [6, 6.07) is 10.1. The number of nitrogens with one attached hydrogen (secondary N) is 1. The summed E-state index contributed by atoms with van der Waals surface area (Å²) in [7, 11) is 0. The van der Waals surface area contributed by atoms with Crippen molar-refractivity contribution in [2.45, 2.75) is 45.4 Å². The Kier molecular flexibility index (Phi) is 6.42. The third-order valence-corrected chi connectivity index (χ3v) is 4.63. The smallest absolute Gasteiger partial charge is 0.314 e. The highest BCUT2D eigenvalue weighted by Crippen LogP contribution is 2.24. The first-order chi connectivity index (χ1) is 11.0. The summed E-state index contributed by atoms with van der Waals surface area (Å²) in [6.07, 6.45) is 1.34. The number of likely N-dealkylation sites (tertiary alicyclic amines) is 1. The second kappa shape index (κ2) is 8.31. The van der Waals surface area contributed by atoms with E-state index in [1.165, 1.54) is 5.56 Å². The lowest BCUT2D eigenvalue weighted by molar-refractivity contribution is 0.0702. The highest BCUT2D eigenvalue weighted by molar-refractivity contribution is 5.72. The standard InChI is InChI=1S/C18H29N3O2/c1-13(2)17(22)9-15-8-16(12-21(11-15)18(19)23)20-10-14-6-4-3-5-7-14/h3-7,13,15-17,20,22H,8-12H2,1-2H3,(H2,19,23). The Morgan fingerprint density at radius 1 is 1.35 bits per heavy atom.